The Morgan fingerprint density at radius 1 is 1.33 bits per heavy atom. The summed E-state index contributed by atoms with van der Waals surface area (Å²) in [7, 11) is 0. The minimum atomic E-state index is -0.0868. The molecule has 1 amide bonds. The van der Waals surface area contributed by atoms with E-state index in [0.717, 1.165) is 30.1 Å². The van der Waals surface area contributed by atoms with Crippen LogP contribution in [0.2, 0.25) is 5.02 Å². The van der Waals surface area contributed by atoms with Crippen LogP contribution in [-0.4, -0.2) is 47.6 Å². The van der Waals surface area contributed by atoms with E-state index in [4.69, 9.17) is 16.3 Å². The molecule has 0 spiro atoms. The standard InChI is InChI=1S/C17H18ClN3O2S/c18-12-3-1-11(2-4-12)16-7-21-6-13(5-14(21)8-23-16)20-17(22)15-9-24-10-19-15/h1-4,9-10,13-14,16H,5-8H2,(H,20,22)/t13-,14-,16+/m0/s1. The molecule has 2 aromatic rings. The molecule has 2 aliphatic rings. The molecule has 0 radical (unpaired) electrons. The van der Waals surface area contributed by atoms with Gasteiger partial charge in [0.2, 0.25) is 0 Å². The Morgan fingerprint density at radius 3 is 2.92 bits per heavy atom. The number of hydrogen-bond donors (Lipinski definition) is 1. The number of nitrogens with one attached hydrogen (secondary N) is 1. The summed E-state index contributed by atoms with van der Waals surface area (Å²) >= 11 is 7.39. The van der Waals surface area contributed by atoms with E-state index in [0.29, 0.717) is 18.3 Å². The number of carbonyl (C=O) groups excluding carboxylic acids is 1. The van der Waals surface area contributed by atoms with Crippen molar-refractivity contribution in [3.63, 3.8) is 0 Å². The third-order valence-electron chi connectivity index (χ3n) is 4.66. The number of thiazole rings is 1. The number of nitrogens with zero attached hydrogens (tertiary/aromatic N) is 2. The largest absolute Gasteiger partial charge is 0.371 e. The van der Waals surface area contributed by atoms with Gasteiger partial charge in [-0.05, 0) is 24.1 Å². The van der Waals surface area contributed by atoms with Crippen LogP contribution in [0.1, 0.15) is 28.6 Å². The highest BCUT2D eigenvalue weighted by Crippen LogP contribution is 2.30. The molecule has 1 aromatic heterocycles. The maximum absolute atomic E-state index is 12.2. The molecule has 126 valence electrons. The van der Waals surface area contributed by atoms with E-state index in [9.17, 15) is 4.79 Å². The van der Waals surface area contributed by atoms with E-state index >= 15 is 0 Å². The van der Waals surface area contributed by atoms with E-state index < -0.39 is 0 Å². The quantitative estimate of drug-likeness (QED) is 0.911. The van der Waals surface area contributed by atoms with Gasteiger partial charge in [-0.1, -0.05) is 23.7 Å². The van der Waals surface area contributed by atoms with Gasteiger partial charge in [-0.25, -0.2) is 4.98 Å². The number of rotatable bonds is 3. The zero-order valence-electron chi connectivity index (χ0n) is 13.0. The van der Waals surface area contributed by atoms with Crippen molar-refractivity contribution in [2.45, 2.75) is 24.6 Å². The molecule has 1 N–H and O–H groups in total. The summed E-state index contributed by atoms with van der Waals surface area (Å²) in [5.74, 6) is -0.0868. The van der Waals surface area contributed by atoms with Crippen molar-refractivity contribution < 1.29 is 9.53 Å². The maximum Gasteiger partial charge on any atom is 0.271 e. The third-order valence-corrected chi connectivity index (χ3v) is 5.50. The summed E-state index contributed by atoms with van der Waals surface area (Å²) in [6.45, 7) is 2.39. The fourth-order valence-electron chi connectivity index (χ4n) is 3.44. The summed E-state index contributed by atoms with van der Waals surface area (Å²) in [6, 6.07) is 8.35. The minimum Gasteiger partial charge on any atom is -0.371 e. The third kappa shape index (κ3) is 3.32. The molecule has 2 aliphatic heterocycles. The van der Waals surface area contributed by atoms with Gasteiger partial charge in [-0.3, -0.25) is 9.69 Å². The van der Waals surface area contributed by atoms with E-state index in [1.54, 1.807) is 10.9 Å². The van der Waals surface area contributed by atoms with Crippen LogP contribution in [0.3, 0.4) is 0 Å². The van der Waals surface area contributed by atoms with Gasteiger partial charge in [-0.15, -0.1) is 11.3 Å². The van der Waals surface area contributed by atoms with Crippen LogP contribution in [0.15, 0.2) is 35.2 Å². The second-order valence-electron chi connectivity index (χ2n) is 6.26. The van der Waals surface area contributed by atoms with Crippen LogP contribution in [0, 0.1) is 0 Å². The Bertz CT molecular complexity index is 707. The Balaban J connectivity index is 1.37. The number of carbonyl (C=O) groups is 1. The van der Waals surface area contributed by atoms with Gasteiger partial charge in [0, 0.05) is 35.6 Å². The normalized spacial score (nSPS) is 27.0. The van der Waals surface area contributed by atoms with Gasteiger partial charge in [0.15, 0.2) is 0 Å². The second-order valence-corrected chi connectivity index (χ2v) is 7.42. The Hall–Kier alpha value is -1.47. The monoisotopic (exact) mass is 363 g/mol. The van der Waals surface area contributed by atoms with Crippen LogP contribution in [0.5, 0.6) is 0 Å². The highest BCUT2D eigenvalue weighted by atomic mass is 35.5. The van der Waals surface area contributed by atoms with Crippen LogP contribution >= 0.6 is 22.9 Å². The first-order valence-electron chi connectivity index (χ1n) is 7.99. The van der Waals surface area contributed by atoms with Crippen molar-refractivity contribution >= 4 is 28.8 Å². The zero-order valence-corrected chi connectivity index (χ0v) is 14.6. The molecule has 0 aliphatic carbocycles. The summed E-state index contributed by atoms with van der Waals surface area (Å²) in [5, 5.41) is 5.60. The fourth-order valence-corrected chi connectivity index (χ4v) is 4.10. The first kappa shape index (κ1) is 16.0. The molecule has 0 saturated carbocycles. The van der Waals surface area contributed by atoms with Crippen molar-refractivity contribution in [2.75, 3.05) is 19.7 Å². The van der Waals surface area contributed by atoms with Crippen LogP contribution in [-0.2, 0) is 4.74 Å². The zero-order chi connectivity index (χ0) is 16.5. The minimum absolute atomic E-state index is 0.0616. The number of hydrogen-bond acceptors (Lipinski definition) is 5. The molecule has 3 heterocycles. The van der Waals surface area contributed by atoms with Crippen molar-refractivity contribution in [1.82, 2.24) is 15.2 Å². The predicted octanol–water partition coefficient (Wildman–Crippen LogP) is 2.74. The summed E-state index contributed by atoms with van der Waals surface area (Å²) in [5.41, 5.74) is 3.32. The lowest BCUT2D eigenvalue weighted by atomic mass is 10.1. The van der Waals surface area contributed by atoms with Gasteiger partial charge in [0.05, 0.1) is 18.2 Å². The smallest absolute Gasteiger partial charge is 0.271 e. The molecule has 7 heteroatoms. The van der Waals surface area contributed by atoms with Crippen LogP contribution < -0.4 is 5.32 Å². The van der Waals surface area contributed by atoms with E-state index in [-0.39, 0.29) is 18.1 Å². The van der Waals surface area contributed by atoms with Gasteiger partial charge >= 0.3 is 0 Å². The molecule has 0 unspecified atom stereocenters. The van der Waals surface area contributed by atoms with E-state index in [1.165, 1.54) is 11.3 Å². The lowest BCUT2D eigenvalue weighted by molar-refractivity contribution is -0.0502. The Labute approximate surface area is 149 Å². The maximum atomic E-state index is 12.2. The molecule has 24 heavy (non-hydrogen) atoms. The average molecular weight is 364 g/mol. The number of amides is 1. The van der Waals surface area contributed by atoms with Gasteiger partial charge < -0.3 is 10.1 Å². The number of morpholine rings is 1. The molecular weight excluding hydrogens is 346 g/mol. The van der Waals surface area contributed by atoms with Crippen LogP contribution in [0.4, 0.5) is 0 Å². The average Bonchev–Trinajstić information content (AvgIpc) is 3.24. The fraction of sp³-hybridized carbons (Fsp3) is 0.412. The summed E-state index contributed by atoms with van der Waals surface area (Å²) in [6.07, 6.45) is 0.981. The molecule has 5 nitrogen and oxygen atoms in total. The first-order valence-corrected chi connectivity index (χ1v) is 9.31. The number of fused-ring (bicyclic) bond motifs is 1. The lowest BCUT2D eigenvalue weighted by Crippen LogP contribution is -2.43. The van der Waals surface area contributed by atoms with Gasteiger partial charge in [0.25, 0.3) is 5.91 Å². The summed E-state index contributed by atoms with van der Waals surface area (Å²) in [4.78, 5) is 18.6. The van der Waals surface area contributed by atoms with Crippen molar-refractivity contribution in [2.24, 2.45) is 0 Å². The van der Waals surface area contributed by atoms with Crippen molar-refractivity contribution in [3.05, 3.63) is 51.4 Å². The highest BCUT2D eigenvalue weighted by molar-refractivity contribution is 7.07. The van der Waals surface area contributed by atoms with E-state index in [2.05, 4.69) is 15.2 Å². The first-order chi connectivity index (χ1) is 11.7. The molecule has 4 rings (SSSR count). The van der Waals surface area contributed by atoms with Crippen molar-refractivity contribution in [1.29, 1.82) is 0 Å². The number of benzene rings is 1. The topological polar surface area (TPSA) is 54.5 Å². The SMILES string of the molecule is O=C(N[C@H]1C[C@H]2CO[C@@H](c3ccc(Cl)cc3)CN2C1)c1cscn1. The predicted molar refractivity (Wildman–Crippen MR) is 93.5 cm³/mol. The number of ether oxygens (including phenoxy) is 1. The lowest BCUT2D eigenvalue weighted by Gasteiger charge is -2.35. The molecule has 0 bridgehead atoms. The van der Waals surface area contributed by atoms with Crippen LogP contribution in [0.25, 0.3) is 0 Å². The van der Waals surface area contributed by atoms with Crippen molar-refractivity contribution in [3.8, 4) is 0 Å². The second kappa shape index (κ2) is 6.80. The molecule has 2 saturated heterocycles. The summed E-state index contributed by atoms with van der Waals surface area (Å²) < 4.78 is 6.04. The molecule has 1 aromatic carbocycles. The Kier molecular flexibility index (Phi) is 4.54. The van der Waals surface area contributed by atoms with Gasteiger partial charge in [-0.2, -0.15) is 0 Å². The highest BCUT2D eigenvalue weighted by Gasteiger charge is 2.38. The van der Waals surface area contributed by atoms with Gasteiger partial charge in [0.1, 0.15) is 5.69 Å². The Morgan fingerprint density at radius 2 is 2.17 bits per heavy atom. The molecule has 2 fully saturated rings. The number of halogens is 1. The van der Waals surface area contributed by atoms with E-state index in [1.807, 2.05) is 24.3 Å². The molecule has 3 atom stereocenters. The number of aromatic nitrogens is 1. The molecular formula is C17H18ClN3O2S.